The topological polar surface area (TPSA) is 36.1 Å². The van der Waals surface area contributed by atoms with E-state index in [9.17, 15) is 0 Å². The molecule has 0 rings (SSSR count). The SMILES string of the molecule is C=C(NC)C(C)(NC)NC. The summed E-state index contributed by atoms with van der Waals surface area (Å²) in [6, 6.07) is 0. The number of nitrogens with one attached hydrogen (secondary N) is 3. The van der Waals surface area contributed by atoms with E-state index in [4.69, 9.17) is 0 Å². The normalized spacial score (nSPS) is 11.2. The molecular formula is C7H17N3. The maximum absolute atomic E-state index is 3.85. The summed E-state index contributed by atoms with van der Waals surface area (Å²) >= 11 is 0. The summed E-state index contributed by atoms with van der Waals surface area (Å²) in [5.74, 6) is 0. The summed E-state index contributed by atoms with van der Waals surface area (Å²) in [4.78, 5) is 0. The highest BCUT2D eigenvalue weighted by Crippen LogP contribution is 2.04. The van der Waals surface area contributed by atoms with Crippen molar-refractivity contribution in [1.29, 1.82) is 0 Å². The third-order valence-electron chi connectivity index (χ3n) is 1.91. The Balaban J connectivity index is 4.17. The lowest BCUT2D eigenvalue weighted by Gasteiger charge is -2.30. The summed E-state index contributed by atoms with van der Waals surface area (Å²) in [5, 5.41) is 9.20. The zero-order chi connectivity index (χ0) is 8.20. The average molecular weight is 143 g/mol. The van der Waals surface area contributed by atoms with Crippen molar-refractivity contribution in [3.8, 4) is 0 Å². The van der Waals surface area contributed by atoms with Gasteiger partial charge in [0.2, 0.25) is 0 Å². The van der Waals surface area contributed by atoms with Crippen molar-refractivity contribution in [3.63, 3.8) is 0 Å². The second kappa shape index (κ2) is 3.58. The van der Waals surface area contributed by atoms with E-state index in [1.165, 1.54) is 0 Å². The van der Waals surface area contributed by atoms with Gasteiger partial charge in [0.25, 0.3) is 0 Å². The van der Waals surface area contributed by atoms with Crippen LogP contribution in [0.3, 0.4) is 0 Å². The lowest BCUT2D eigenvalue weighted by Crippen LogP contribution is -2.55. The lowest BCUT2D eigenvalue weighted by atomic mass is 10.1. The summed E-state index contributed by atoms with van der Waals surface area (Å²) in [6.07, 6.45) is 0. The van der Waals surface area contributed by atoms with Gasteiger partial charge in [0.15, 0.2) is 0 Å². The van der Waals surface area contributed by atoms with Crippen LogP contribution in [-0.2, 0) is 0 Å². The standard InChI is InChI=1S/C7H17N3/c1-6(8-3)7(2,9-4)10-5/h8-10H,1H2,2-5H3. The van der Waals surface area contributed by atoms with Gasteiger partial charge in [-0.2, -0.15) is 0 Å². The molecule has 0 spiro atoms. The molecule has 0 radical (unpaired) electrons. The van der Waals surface area contributed by atoms with Gasteiger partial charge in [0.1, 0.15) is 5.66 Å². The molecule has 0 saturated heterocycles. The van der Waals surface area contributed by atoms with Gasteiger partial charge in [-0.15, -0.1) is 0 Å². The average Bonchev–Trinajstić information content (AvgIpc) is 2.01. The molecule has 0 fully saturated rings. The number of hydrogen-bond donors (Lipinski definition) is 3. The molecule has 10 heavy (non-hydrogen) atoms. The van der Waals surface area contributed by atoms with Crippen LogP contribution in [0.25, 0.3) is 0 Å². The number of likely N-dealkylation sites (N-methyl/N-ethyl adjacent to an activating group) is 3. The lowest BCUT2D eigenvalue weighted by molar-refractivity contribution is 0.373. The van der Waals surface area contributed by atoms with Crippen LogP contribution in [0.4, 0.5) is 0 Å². The maximum atomic E-state index is 3.85. The largest absolute Gasteiger partial charge is 0.389 e. The second-order valence-electron chi connectivity index (χ2n) is 2.35. The Labute approximate surface area is 62.9 Å². The Bertz CT molecular complexity index is 116. The van der Waals surface area contributed by atoms with Crippen molar-refractivity contribution in [1.82, 2.24) is 16.0 Å². The maximum Gasteiger partial charge on any atom is 0.106 e. The highest BCUT2D eigenvalue weighted by Gasteiger charge is 2.21. The third-order valence-corrected chi connectivity index (χ3v) is 1.91. The first-order valence-electron chi connectivity index (χ1n) is 3.35. The minimum Gasteiger partial charge on any atom is -0.389 e. The van der Waals surface area contributed by atoms with Crippen LogP contribution in [0.2, 0.25) is 0 Å². The molecule has 3 nitrogen and oxygen atoms in total. The summed E-state index contributed by atoms with van der Waals surface area (Å²) in [7, 11) is 5.63. The fraction of sp³-hybridized carbons (Fsp3) is 0.714. The monoisotopic (exact) mass is 143 g/mol. The molecule has 0 aromatic rings. The molecule has 0 amide bonds. The van der Waals surface area contributed by atoms with Gasteiger partial charge >= 0.3 is 0 Å². The van der Waals surface area contributed by atoms with Crippen LogP contribution < -0.4 is 16.0 Å². The smallest absolute Gasteiger partial charge is 0.106 e. The van der Waals surface area contributed by atoms with Crippen LogP contribution >= 0.6 is 0 Å². The molecule has 60 valence electrons. The first-order valence-corrected chi connectivity index (χ1v) is 3.35. The Morgan fingerprint density at radius 3 is 1.70 bits per heavy atom. The molecule has 0 unspecified atom stereocenters. The van der Waals surface area contributed by atoms with Gasteiger partial charge in [-0.1, -0.05) is 6.58 Å². The van der Waals surface area contributed by atoms with Crippen LogP contribution in [-0.4, -0.2) is 26.8 Å². The molecule has 0 bridgehead atoms. The predicted octanol–water partition coefficient (Wildman–Crippen LogP) is -0.125. The van der Waals surface area contributed by atoms with Crippen LogP contribution in [0.5, 0.6) is 0 Å². The molecule has 0 aliphatic carbocycles. The molecule has 0 atom stereocenters. The first-order chi connectivity index (χ1) is 4.60. The van der Waals surface area contributed by atoms with E-state index in [1.807, 2.05) is 28.1 Å². The molecule has 3 heteroatoms. The van der Waals surface area contributed by atoms with E-state index < -0.39 is 0 Å². The molecular weight excluding hydrogens is 126 g/mol. The van der Waals surface area contributed by atoms with Crippen molar-refractivity contribution < 1.29 is 0 Å². The van der Waals surface area contributed by atoms with Crippen LogP contribution in [0, 0.1) is 0 Å². The Hall–Kier alpha value is -0.540. The Kier molecular flexibility index (Phi) is 3.39. The van der Waals surface area contributed by atoms with Crippen molar-refractivity contribution >= 4 is 0 Å². The van der Waals surface area contributed by atoms with Crippen LogP contribution in [0.1, 0.15) is 6.92 Å². The molecule has 0 aliphatic rings. The Morgan fingerprint density at radius 2 is 1.60 bits per heavy atom. The van der Waals surface area contributed by atoms with Gasteiger partial charge in [-0.05, 0) is 21.0 Å². The first kappa shape index (κ1) is 9.46. The zero-order valence-corrected chi connectivity index (χ0v) is 7.21. The highest BCUT2D eigenvalue weighted by molar-refractivity contribution is 5.09. The van der Waals surface area contributed by atoms with E-state index >= 15 is 0 Å². The predicted molar refractivity (Wildman–Crippen MR) is 44.7 cm³/mol. The molecule has 0 aromatic carbocycles. The third kappa shape index (κ3) is 1.72. The molecule has 0 aliphatic heterocycles. The number of hydrogen-bond acceptors (Lipinski definition) is 3. The van der Waals surface area contributed by atoms with Gasteiger partial charge in [0, 0.05) is 12.7 Å². The fourth-order valence-electron chi connectivity index (χ4n) is 0.677. The van der Waals surface area contributed by atoms with E-state index in [-0.39, 0.29) is 5.66 Å². The van der Waals surface area contributed by atoms with E-state index in [2.05, 4.69) is 22.5 Å². The summed E-state index contributed by atoms with van der Waals surface area (Å²) in [6.45, 7) is 5.87. The quantitative estimate of drug-likeness (QED) is 0.480. The summed E-state index contributed by atoms with van der Waals surface area (Å²) in [5.41, 5.74) is 0.715. The van der Waals surface area contributed by atoms with Crippen molar-refractivity contribution in [2.24, 2.45) is 0 Å². The minimum absolute atomic E-state index is 0.214. The van der Waals surface area contributed by atoms with Crippen molar-refractivity contribution in [3.05, 3.63) is 12.3 Å². The molecule has 0 aromatic heterocycles. The van der Waals surface area contributed by atoms with Gasteiger partial charge in [0.05, 0.1) is 0 Å². The van der Waals surface area contributed by atoms with Gasteiger partial charge < -0.3 is 5.32 Å². The van der Waals surface area contributed by atoms with Crippen molar-refractivity contribution in [2.75, 3.05) is 21.1 Å². The van der Waals surface area contributed by atoms with Crippen molar-refractivity contribution in [2.45, 2.75) is 12.6 Å². The number of rotatable bonds is 4. The van der Waals surface area contributed by atoms with Crippen LogP contribution in [0.15, 0.2) is 12.3 Å². The fourth-order valence-corrected chi connectivity index (χ4v) is 0.677. The van der Waals surface area contributed by atoms with E-state index in [0.717, 1.165) is 5.70 Å². The Morgan fingerprint density at radius 1 is 1.20 bits per heavy atom. The molecule has 0 saturated carbocycles. The van der Waals surface area contributed by atoms with Gasteiger partial charge in [-0.25, -0.2) is 0 Å². The van der Waals surface area contributed by atoms with Gasteiger partial charge in [-0.3, -0.25) is 10.6 Å². The molecule has 0 heterocycles. The molecule has 3 N–H and O–H groups in total. The summed E-state index contributed by atoms with van der Waals surface area (Å²) < 4.78 is 0. The van der Waals surface area contributed by atoms with E-state index in [1.54, 1.807) is 0 Å². The van der Waals surface area contributed by atoms with E-state index in [0.29, 0.717) is 0 Å². The minimum atomic E-state index is -0.214. The zero-order valence-electron chi connectivity index (χ0n) is 7.21. The second-order valence-corrected chi connectivity index (χ2v) is 2.35. The highest BCUT2D eigenvalue weighted by atomic mass is 15.2.